The number of ether oxygens (including phenoxy) is 2. The molecule has 0 aliphatic carbocycles. The molecule has 1 amide bonds. The minimum absolute atomic E-state index is 0.0844. The lowest BCUT2D eigenvalue weighted by Crippen LogP contribution is -2.36. The molecule has 1 atom stereocenters. The Kier molecular flexibility index (Phi) is 10.1. The number of hydrogen-bond acceptors (Lipinski definition) is 4. The van der Waals surface area contributed by atoms with E-state index in [1.807, 2.05) is 0 Å². The highest BCUT2D eigenvalue weighted by Crippen LogP contribution is 1.93. The van der Waals surface area contributed by atoms with Gasteiger partial charge in [0.15, 0.2) is 0 Å². The molecule has 0 bridgehead atoms. The molecule has 0 radical (unpaired) electrons. The van der Waals surface area contributed by atoms with Crippen LogP contribution in [-0.4, -0.2) is 51.5 Å². The molecule has 1 unspecified atom stereocenters. The lowest BCUT2D eigenvalue weighted by atomic mass is 10.3. The van der Waals surface area contributed by atoms with Crippen LogP contribution in [0.25, 0.3) is 0 Å². The summed E-state index contributed by atoms with van der Waals surface area (Å²) in [5, 5.41) is 6.03. The normalized spacial score (nSPS) is 12.8. The average molecular weight is 246 g/mol. The standard InChI is InChI=1S/C12H26N2O3/c1-10(2)13-6-5-8-17-11(3)12(15)14-7-9-16-4/h10-11,13H,5-9H2,1-4H3,(H,14,15). The molecule has 0 heterocycles. The maximum Gasteiger partial charge on any atom is 0.248 e. The average Bonchev–Trinajstić information content (AvgIpc) is 2.28. The van der Waals surface area contributed by atoms with E-state index in [-0.39, 0.29) is 5.91 Å². The van der Waals surface area contributed by atoms with Gasteiger partial charge >= 0.3 is 0 Å². The molecule has 0 aromatic rings. The second-order valence-electron chi connectivity index (χ2n) is 4.26. The maximum absolute atomic E-state index is 11.5. The van der Waals surface area contributed by atoms with Gasteiger partial charge in [-0.1, -0.05) is 13.8 Å². The minimum Gasteiger partial charge on any atom is -0.383 e. The van der Waals surface area contributed by atoms with Crippen LogP contribution in [0, 0.1) is 0 Å². The zero-order valence-electron chi connectivity index (χ0n) is 11.4. The van der Waals surface area contributed by atoms with Crippen molar-refractivity contribution in [2.45, 2.75) is 39.3 Å². The lowest BCUT2D eigenvalue weighted by molar-refractivity contribution is -0.131. The monoisotopic (exact) mass is 246 g/mol. The summed E-state index contributed by atoms with van der Waals surface area (Å²) in [7, 11) is 1.60. The van der Waals surface area contributed by atoms with E-state index >= 15 is 0 Å². The van der Waals surface area contributed by atoms with Crippen LogP contribution in [-0.2, 0) is 14.3 Å². The summed E-state index contributed by atoms with van der Waals surface area (Å²) in [6.45, 7) is 8.53. The number of nitrogens with one attached hydrogen (secondary N) is 2. The van der Waals surface area contributed by atoms with Gasteiger partial charge in [-0.05, 0) is 19.9 Å². The fraction of sp³-hybridized carbons (Fsp3) is 0.917. The molecule has 0 aromatic heterocycles. The molecule has 0 aromatic carbocycles. The zero-order chi connectivity index (χ0) is 13.1. The number of amides is 1. The number of carbonyl (C=O) groups is 1. The predicted molar refractivity (Wildman–Crippen MR) is 68.1 cm³/mol. The Hall–Kier alpha value is -0.650. The zero-order valence-corrected chi connectivity index (χ0v) is 11.4. The fourth-order valence-corrected chi connectivity index (χ4v) is 1.22. The summed E-state index contributed by atoms with van der Waals surface area (Å²) in [4.78, 5) is 11.5. The van der Waals surface area contributed by atoms with Gasteiger partial charge in [0.2, 0.25) is 5.91 Å². The van der Waals surface area contributed by atoms with E-state index in [1.54, 1.807) is 14.0 Å². The number of rotatable bonds is 10. The van der Waals surface area contributed by atoms with Crippen LogP contribution in [0.4, 0.5) is 0 Å². The Labute approximate surface area is 104 Å². The Morgan fingerprint density at radius 3 is 2.47 bits per heavy atom. The molecular formula is C12H26N2O3. The van der Waals surface area contributed by atoms with Gasteiger partial charge in [0.05, 0.1) is 6.61 Å². The van der Waals surface area contributed by atoms with Crippen molar-refractivity contribution in [2.75, 3.05) is 33.4 Å². The first-order chi connectivity index (χ1) is 8.07. The third kappa shape index (κ3) is 10.2. The first kappa shape index (κ1) is 16.4. The first-order valence-electron chi connectivity index (χ1n) is 6.19. The summed E-state index contributed by atoms with van der Waals surface area (Å²) in [5.74, 6) is -0.0844. The van der Waals surface area contributed by atoms with E-state index in [2.05, 4.69) is 24.5 Å². The topological polar surface area (TPSA) is 59.6 Å². The summed E-state index contributed by atoms with van der Waals surface area (Å²) in [6.07, 6.45) is 0.513. The minimum atomic E-state index is -0.397. The smallest absolute Gasteiger partial charge is 0.248 e. The van der Waals surface area contributed by atoms with Crippen molar-refractivity contribution in [2.24, 2.45) is 0 Å². The van der Waals surface area contributed by atoms with E-state index in [0.717, 1.165) is 13.0 Å². The van der Waals surface area contributed by atoms with Gasteiger partial charge < -0.3 is 20.1 Å². The molecule has 0 saturated carbocycles. The van der Waals surface area contributed by atoms with Gasteiger partial charge in [-0.3, -0.25) is 4.79 Å². The van der Waals surface area contributed by atoms with Crippen molar-refractivity contribution < 1.29 is 14.3 Å². The molecule has 0 aliphatic rings. The van der Waals surface area contributed by atoms with Crippen LogP contribution in [0.3, 0.4) is 0 Å². The van der Waals surface area contributed by atoms with Gasteiger partial charge in [0, 0.05) is 26.3 Å². The molecule has 5 nitrogen and oxygen atoms in total. The molecule has 5 heteroatoms. The van der Waals surface area contributed by atoms with E-state index in [9.17, 15) is 4.79 Å². The molecular weight excluding hydrogens is 220 g/mol. The highest BCUT2D eigenvalue weighted by atomic mass is 16.5. The third-order valence-electron chi connectivity index (χ3n) is 2.22. The van der Waals surface area contributed by atoms with Crippen molar-refractivity contribution in [3.63, 3.8) is 0 Å². The number of carbonyl (C=O) groups excluding carboxylic acids is 1. The Balaban J connectivity index is 3.43. The van der Waals surface area contributed by atoms with E-state index < -0.39 is 6.10 Å². The second kappa shape index (κ2) is 10.5. The quantitative estimate of drug-likeness (QED) is 0.552. The van der Waals surface area contributed by atoms with Crippen LogP contribution in [0.15, 0.2) is 0 Å². The van der Waals surface area contributed by atoms with E-state index in [4.69, 9.17) is 9.47 Å². The molecule has 2 N–H and O–H groups in total. The van der Waals surface area contributed by atoms with Gasteiger partial charge in [0.1, 0.15) is 6.10 Å². The molecule has 0 spiro atoms. The SMILES string of the molecule is COCCNC(=O)C(C)OCCCNC(C)C. The Morgan fingerprint density at radius 2 is 1.88 bits per heavy atom. The first-order valence-corrected chi connectivity index (χ1v) is 6.19. The highest BCUT2D eigenvalue weighted by molar-refractivity contribution is 5.80. The van der Waals surface area contributed by atoms with Gasteiger partial charge in [-0.2, -0.15) is 0 Å². The molecule has 0 aliphatic heterocycles. The molecule has 0 rings (SSSR count). The summed E-state index contributed by atoms with van der Waals surface area (Å²) in [6, 6.07) is 0.491. The summed E-state index contributed by atoms with van der Waals surface area (Å²) < 4.78 is 10.3. The predicted octanol–water partition coefficient (Wildman–Crippen LogP) is 0.542. The highest BCUT2D eigenvalue weighted by Gasteiger charge is 2.11. The second-order valence-corrected chi connectivity index (χ2v) is 4.26. The maximum atomic E-state index is 11.5. The van der Waals surface area contributed by atoms with Crippen LogP contribution >= 0.6 is 0 Å². The van der Waals surface area contributed by atoms with Gasteiger partial charge in [0.25, 0.3) is 0 Å². The van der Waals surface area contributed by atoms with Crippen molar-refractivity contribution in [1.82, 2.24) is 10.6 Å². The van der Waals surface area contributed by atoms with Crippen LogP contribution in [0.5, 0.6) is 0 Å². The lowest BCUT2D eigenvalue weighted by Gasteiger charge is -2.13. The van der Waals surface area contributed by atoms with Crippen molar-refractivity contribution >= 4 is 5.91 Å². The Morgan fingerprint density at radius 1 is 1.18 bits per heavy atom. The van der Waals surface area contributed by atoms with Gasteiger partial charge in [-0.15, -0.1) is 0 Å². The van der Waals surface area contributed by atoms with Crippen molar-refractivity contribution in [3.8, 4) is 0 Å². The third-order valence-corrected chi connectivity index (χ3v) is 2.22. The van der Waals surface area contributed by atoms with Crippen molar-refractivity contribution in [1.29, 1.82) is 0 Å². The summed E-state index contributed by atoms with van der Waals surface area (Å²) in [5.41, 5.74) is 0. The number of methoxy groups -OCH3 is 1. The molecule has 102 valence electrons. The number of hydrogen-bond donors (Lipinski definition) is 2. The van der Waals surface area contributed by atoms with Crippen molar-refractivity contribution in [3.05, 3.63) is 0 Å². The summed E-state index contributed by atoms with van der Waals surface area (Å²) >= 11 is 0. The van der Waals surface area contributed by atoms with Crippen LogP contribution in [0.2, 0.25) is 0 Å². The largest absolute Gasteiger partial charge is 0.383 e. The fourth-order valence-electron chi connectivity index (χ4n) is 1.22. The van der Waals surface area contributed by atoms with Crippen LogP contribution in [0.1, 0.15) is 27.2 Å². The van der Waals surface area contributed by atoms with Crippen LogP contribution < -0.4 is 10.6 Å². The van der Waals surface area contributed by atoms with Gasteiger partial charge in [-0.25, -0.2) is 0 Å². The molecule has 0 saturated heterocycles. The molecule has 0 fully saturated rings. The Bertz CT molecular complexity index is 198. The molecule has 17 heavy (non-hydrogen) atoms. The van der Waals surface area contributed by atoms with E-state index in [1.165, 1.54) is 0 Å². The van der Waals surface area contributed by atoms with E-state index in [0.29, 0.717) is 25.8 Å².